The van der Waals surface area contributed by atoms with Crippen LogP contribution in [0.1, 0.15) is 24.0 Å². The van der Waals surface area contributed by atoms with Gasteiger partial charge in [-0.05, 0) is 31.0 Å². The number of carbonyl (C=O) groups is 1. The number of amides is 1. The van der Waals surface area contributed by atoms with E-state index >= 15 is 0 Å². The van der Waals surface area contributed by atoms with E-state index in [1.165, 1.54) is 16.7 Å². The Morgan fingerprint density at radius 1 is 1.32 bits per heavy atom. The molecule has 0 atom stereocenters. The van der Waals surface area contributed by atoms with Crippen molar-refractivity contribution in [3.8, 4) is 0 Å². The highest BCUT2D eigenvalue weighted by atomic mass is 19.1. The van der Waals surface area contributed by atoms with Crippen LogP contribution >= 0.6 is 0 Å². The summed E-state index contributed by atoms with van der Waals surface area (Å²) in [4.78, 5) is 29.0. The molecule has 2 heterocycles. The first-order valence-electron chi connectivity index (χ1n) is 7.86. The van der Waals surface area contributed by atoms with E-state index < -0.39 is 0 Å². The number of fused-ring (bicyclic) bond motifs is 1. The monoisotopic (exact) mass is 344 g/mol. The van der Waals surface area contributed by atoms with Crippen molar-refractivity contribution in [2.24, 2.45) is 0 Å². The summed E-state index contributed by atoms with van der Waals surface area (Å²) in [5.74, 6) is -0.310. The summed E-state index contributed by atoms with van der Waals surface area (Å²) in [6.45, 7) is 3.57. The lowest BCUT2D eigenvalue weighted by atomic mass is 10.2. The van der Waals surface area contributed by atoms with E-state index in [4.69, 9.17) is 4.52 Å². The summed E-state index contributed by atoms with van der Waals surface area (Å²) in [6.07, 6.45) is 0.531. The molecule has 0 radical (unpaired) electrons. The Labute approximate surface area is 142 Å². The fraction of sp³-hybridized carbons (Fsp3) is 0.294. The predicted octanol–water partition coefficient (Wildman–Crippen LogP) is 1.71. The number of hydrogen-bond donors (Lipinski definition) is 1. The van der Waals surface area contributed by atoms with Crippen LogP contribution in [0.3, 0.4) is 0 Å². The van der Waals surface area contributed by atoms with Gasteiger partial charge in [0.25, 0.3) is 11.3 Å². The zero-order chi connectivity index (χ0) is 18.0. The van der Waals surface area contributed by atoms with Crippen molar-refractivity contribution in [1.29, 1.82) is 0 Å². The highest BCUT2D eigenvalue weighted by Crippen LogP contribution is 2.13. The minimum atomic E-state index is -0.350. The van der Waals surface area contributed by atoms with Gasteiger partial charge in [0.1, 0.15) is 23.6 Å². The van der Waals surface area contributed by atoms with Crippen molar-refractivity contribution in [2.45, 2.75) is 33.4 Å². The standard InChI is InChI=1S/C17H17FN4O3/c1-3-13-15-16(25-21-13)20-10(2)22(17(15)24)9-14(23)19-8-11-4-6-12(18)7-5-11/h4-7H,3,8-9H2,1-2H3,(H,19,23). The number of carbonyl (C=O) groups excluding carboxylic acids is 1. The molecule has 2 aromatic heterocycles. The van der Waals surface area contributed by atoms with Crippen molar-refractivity contribution in [2.75, 3.05) is 0 Å². The lowest BCUT2D eigenvalue weighted by Gasteiger charge is -2.10. The molecule has 3 aromatic rings. The van der Waals surface area contributed by atoms with Crippen LogP contribution in [0.5, 0.6) is 0 Å². The SMILES string of the molecule is CCc1noc2nc(C)n(CC(=O)NCc3ccc(F)cc3)c(=O)c12. The number of aryl methyl sites for hydroxylation is 2. The van der Waals surface area contributed by atoms with Crippen molar-refractivity contribution in [3.05, 3.63) is 57.5 Å². The van der Waals surface area contributed by atoms with Crippen LogP contribution in [0.4, 0.5) is 4.39 Å². The van der Waals surface area contributed by atoms with Crippen molar-refractivity contribution < 1.29 is 13.7 Å². The minimum absolute atomic E-state index is 0.164. The summed E-state index contributed by atoms with van der Waals surface area (Å²) in [7, 11) is 0. The average Bonchev–Trinajstić information content (AvgIpc) is 3.01. The van der Waals surface area contributed by atoms with Gasteiger partial charge in [0.2, 0.25) is 5.91 Å². The van der Waals surface area contributed by atoms with Crippen LogP contribution in [-0.2, 0) is 24.3 Å². The van der Waals surface area contributed by atoms with E-state index in [1.807, 2.05) is 6.92 Å². The minimum Gasteiger partial charge on any atom is -0.350 e. The molecule has 0 saturated carbocycles. The molecule has 0 aliphatic carbocycles. The molecule has 1 aromatic carbocycles. The Balaban J connectivity index is 1.78. The molecule has 25 heavy (non-hydrogen) atoms. The molecule has 0 aliphatic rings. The number of hydrogen-bond acceptors (Lipinski definition) is 5. The summed E-state index contributed by atoms with van der Waals surface area (Å²) in [5.41, 5.74) is 1.12. The first-order valence-corrected chi connectivity index (χ1v) is 7.86. The Morgan fingerprint density at radius 2 is 2.04 bits per heavy atom. The molecule has 0 saturated heterocycles. The van der Waals surface area contributed by atoms with Crippen LogP contribution in [0.2, 0.25) is 0 Å². The second-order valence-electron chi connectivity index (χ2n) is 5.62. The van der Waals surface area contributed by atoms with Crippen LogP contribution in [0, 0.1) is 12.7 Å². The predicted molar refractivity (Wildman–Crippen MR) is 88.4 cm³/mol. The van der Waals surface area contributed by atoms with E-state index in [-0.39, 0.29) is 36.1 Å². The lowest BCUT2D eigenvalue weighted by Crippen LogP contribution is -2.33. The van der Waals surface area contributed by atoms with Crippen LogP contribution in [-0.4, -0.2) is 20.6 Å². The van der Waals surface area contributed by atoms with Crippen molar-refractivity contribution in [1.82, 2.24) is 20.0 Å². The van der Waals surface area contributed by atoms with E-state index in [9.17, 15) is 14.0 Å². The molecule has 0 bridgehead atoms. The van der Waals surface area contributed by atoms with Crippen molar-refractivity contribution >= 4 is 17.0 Å². The molecular formula is C17H17FN4O3. The van der Waals surface area contributed by atoms with Gasteiger partial charge in [-0.25, -0.2) is 4.39 Å². The average molecular weight is 344 g/mol. The van der Waals surface area contributed by atoms with Gasteiger partial charge < -0.3 is 9.84 Å². The summed E-state index contributed by atoms with van der Waals surface area (Å²) >= 11 is 0. The fourth-order valence-corrected chi connectivity index (χ4v) is 2.52. The maximum Gasteiger partial charge on any atom is 0.267 e. The molecule has 0 unspecified atom stereocenters. The Morgan fingerprint density at radius 3 is 2.72 bits per heavy atom. The van der Waals surface area contributed by atoms with Crippen molar-refractivity contribution in [3.63, 3.8) is 0 Å². The Hall–Kier alpha value is -3.03. The first kappa shape index (κ1) is 16.8. The third-order valence-electron chi connectivity index (χ3n) is 3.90. The van der Waals surface area contributed by atoms with Crippen LogP contribution in [0.25, 0.3) is 11.1 Å². The van der Waals surface area contributed by atoms with E-state index in [0.717, 1.165) is 5.56 Å². The van der Waals surface area contributed by atoms with Gasteiger partial charge in [-0.3, -0.25) is 14.2 Å². The van der Waals surface area contributed by atoms with Gasteiger partial charge >= 0.3 is 0 Å². The molecular weight excluding hydrogens is 327 g/mol. The van der Waals surface area contributed by atoms with Gasteiger partial charge in [-0.15, -0.1) is 0 Å². The van der Waals surface area contributed by atoms with E-state index in [2.05, 4.69) is 15.5 Å². The highest BCUT2D eigenvalue weighted by molar-refractivity contribution is 5.78. The number of nitrogens with zero attached hydrogens (tertiary/aromatic N) is 3. The fourth-order valence-electron chi connectivity index (χ4n) is 2.52. The molecule has 1 amide bonds. The molecule has 0 fully saturated rings. The third-order valence-corrected chi connectivity index (χ3v) is 3.90. The zero-order valence-corrected chi connectivity index (χ0v) is 13.9. The topological polar surface area (TPSA) is 90.0 Å². The van der Waals surface area contributed by atoms with Gasteiger partial charge in [0, 0.05) is 6.54 Å². The maximum absolute atomic E-state index is 12.9. The number of halogens is 1. The lowest BCUT2D eigenvalue weighted by molar-refractivity contribution is -0.121. The van der Waals surface area contributed by atoms with Crippen LogP contribution in [0.15, 0.2) is 33.6 Å². The first-order chi connectivity index (χ1) is 12.0. The van der Waals surface area contributed by atoms with Gasteiger partial charge in [-0.2, -0.15) is 4.98 Å². The third kappa shape index (κ3) is 3.42. The number of aromatic nitrogens is 3. The summed E-state index contributed by atoms with van der Waals surface area (Å²) in [6, 6.07) is 5.83. The number of nitrogens with one attached hydrogen (secondary N) is 1. The molecule has 1 N–H and O–H groups in total. The molecule has 8 heteroatoms. The van der Waals surface area contributed by atoms with Gasteiger partial charge in [-0.1, -0.05) is 24.2 Å². The van der Waals surface area contributed by atoms with E-state index in [1.54, 1.807) is 19.1 Å². The smallest absolute Gasteiger partial charge is 0.267 e. The van der Waals surface area contributed by atoms with Crippen LogP contribution < -0.4 is 10.9 Å². The molecule has 0 spiro atoms. The number of benzene rings is 1. The largest absolute Gasteiger partial charge is 0.350 e. The summed E-state index contributed by atoms with van der Waals surface area (Å²) < 4.78 is 19.2. The molecule has 0 aliphatic heterocycles. The van der Waals surface area contributed by atoms with Gasteiger partial charge in [0.05, 0.1) is 5.69 Å². The normalized spacial score (nSPS) is 11.0. The maximum atomic E-state index is 12.9. The van der Waals surface area contributed by atoms with Gasteiger partial charge in [0.15, 0.2) is 0 Å². The molecule has 7 nitrogen and oxygen atoms in total. The van der Waals surface area contributed by atoms with E-state index in [0.29, 0.717) is 23.3 Å². The Kier molecular flexibility index (Phi) is 4.60. The zero-order valence-electron chi connectivity index (χ0n) is 13.9. The highest BCUT2D eigenvalue weighted by Gasteiger charge is 2.17. The number of rotatable bonds is 5. The molecule has 130 valence electrons. The second kappa shape index (κ2) is 6.84. The quantitative estimate of drug-likeness (QED) is 0.761. The second-order valence-corrected chi connectivity index (χ2v) is 5.62. The summed E-state index contributed by atoms with van der Waals surface area (Å²) in [5, 5.41) is 6.85. The molecule has 3 rings (SSSR count). The Bertz CT molecular complexity index is 976.